The summed E-state index contributed by atoms with van der Waals surface area (Å²) in [6.07, 6.45) is 3.45. The van der Waals surface area contributed by atoms with E-state index in [0.717, 1.165) is 24.0 Å². The van der Waals surface area contributed by atoms with Gasteiger partial charge in [-0.05, 0) is 64.5 Å². The molecule has 106 valence electrons. The Hall–Kier alpha value is -1.88. The molecule has 1 aliphatic carbocycles. The highest BCUT2D eigenvalue weighted by atomic mass is 79.9. The number of nitrogens with two attached hydrogens (primary N) is 1. The Morgan fingerprint density at radius 3 is 2.81 bits per heavy atom. The molecule has 0 amide bonds. The molecule has 0 unspecified atom stereocenters. The highest BCUT2D eigenvalue weighted by Gasteiger charge is 2.16. The smallest absolute Gasteiger partial charge is 0.205 e. The van der Waals surface area contributed by atoms with Crippen LogP contribution < -0.4 is 5.73 Å². The molecule has 0 saturated heterocycles. The minimum Gasteiger partial charge on any atom is -0.369 e. The molecular weight excluding hydrogens is 333 g/mol. The van der Waals surface area contributed by atoms with Crippen molar-refractivity contribution in [2.45, 2.75) is 19.3 Å². The zero-order valence-corrected chi connectivity index (χ0v) is 12.8. The van der Waals surface area contributed by atoms with E-state index in [4.69, 9.17) is 5.73 Å². The standard InChI is InChI=1S/C16H13BrFN3/c17-12-7-15-14(8-13(12)18)20-16(19)21(15)11-5-4-9-2-1-3-10(9)6-11/h4-8H,1-3H2,(H2,19,20). The van der Waals surface area contributed by atoms with Gasteiger partial charge in [0.2, 0.25) is 5.95 Å². The van der Waals surface area contributed by atoms with Crippen LogP contribution in [0.25, 0.3) is 16.7 Å². The number of nitrogen functional groups attached to an aromatic ring is 1. The number of nitrogens with zero attached hydrogens (tertiary/aromatic N) is 2. The Labute approximate surface area is 129 Å². The molecule has 21 heavy (non-hydrogen) atoms. The number of aryl methyl sites for hydroxylation is 2. The Bertz CT molecular complexity index is 870. The van der Waals surface area contributed by atoms with E-state index < -0.39 is 0 Å². The van der Waals surface area contributed by atoms with Crippen LogP contribution in [0.3, 0.4) is 0 Å². The van der Waals surface area contributed by atoms with Gasteiger partial charge >= 0.3 is 0 Å². The van der Waals surface area contributed by atoms with Crippen LogP contribution in [-0.2, 0) is 12.8 Å². The summed E-state index contributed by atoms with van der Waals surface area (Å²) in [6, 6.07) is 9.50. The predicted molar refractivity (Wildman–Crippen MR) is 85.2 cm³/mol. The first-order chi connectivity index (χ1) is 10.1. The van der Waals surface area contributed by atoms with E-state index in [0.29, 0.717) is 15.9 Å². The average Bonchev–Trinajstić information content (AvgIpc) is 3.02. The molecule has 0 spiro atoms. The van der Waals surface area contributed by atoms with Gasteiger partial charge in [-0.15, -0.1) is 0 Å². The van der Waals surface area contributed by atoms with Crippen LogP contribution in [-0.4, -0.2) is 9.55 Å². The van der Waals surface area contributed by atoms with Crippen LogP contribution in [0.5, 0.6) is 0 Å². The maximum absolute atomic E-state index is 13.6. The molecular formula is C16H13BrFN3. The van der Waals surface area contributed by atoms with Crippen molar-refractivity contribution in [1.82, 2.24) is 9.55 Å². The van der Waals surface area contributed by atoms with E-state index in [2.05, 4.69) is 39.1 Å². The minimum absolute atomic E-state index is 0.332. The topological polar surface area (TPSA) is 43.8 Å². The SMILES string of the molecule is Nc1nc2cc(F)c(Br)cc2n1-c1ccc2c(c1)CCC2. The van der Waals surface area contributed by atoms with Crippen LogP contribution in [0, 0.1) is 5.82 Å². The Morgan fingerprint density at radius 1 is 1.14 bits per heavy atom. The van der Waals surface area contributed by atoms with Crippen molar-refractivity contribution in [2.75, 3.05) is 5.73 Å². The third-order valence-electron chi connectivity index (χ3n) is 4.06. The lowest BCUT2D eigenvalue weighted by molar-refractivity contribution is 0.623. The van der Waals surface area contributed by atoms with Crippen LogP contribution >= 0.6 is 15.9 Å². The van der Waals surface area contributed by atoms with Crippen molar-refractivity contribution in [1.29, 1.82) is 0 Å². The molecule has 0 saturated carbocycles. The number of rotatable bonds is 1. The van der Waals surface area contributed by atoms with Gasteiger partial charge in [0.15, 0.2) is 0 Å². The van der Waals surface area contributed by atoms with Gasteiger partial charge in [0.25, 0.3) is 0 Å². The number of benzene rings is 2. The van der Waals surface area contributed by atoms with Gasteiger partial charge < -0.3 is 5.73 Å². The molecule has 0 aliphatic heterocycles. The second-order valence-electron chi connectivity index (χ2n) is 5.37. The molecule has 1 heterocycles. The normalized spacial score (nSPS) is 13.8. The summed E-state index contributed by atoms with van der Waals surface area (Å²) in [5, 5.41) is 0. The van der Waals surface area contributed by atoms with Gasteiger partial charge in [0.05, 0.1) is 15.5 Å². The Kier molecular flexibility index (Phi) is 2.79. The van der Waals surface area contributed by atoms with E-state index in [1.807, 2.05) is 4.57 Å². The summed E-state index contributed by atoms with van der Waals surface area (Å²) >= 11 is 3.23. The molecule has 2 aromatic carbocycles. The molecule has 0 atom stereocenters. The average molecular weight is 346 g/mol. The monoisotopic (exact) mass is 345 g/mol. The van der Waals surface area contributed by atoms with Crippen molar-refractivity contribution in [2.24, 2.45) is 0 Å². The lowest BCUT2D eigenvalue weighted by Crippen LogP contribution is -2.01. The fraction of sp³-hybridized carbons (Fsp3) is 0.188. The van der Waals surface area contributed by atoms with Gasteiger partial charge in [0, 0.05) is 11.8 Å². The minimum atomic E-state index is -0.332. The predicted octanol–water partition coefficient (Wildman–Crippen LogP) is 4.00. The summed E-state index contributed by atoms with van der Waals surface area (Å²) in [5.41, 5.74) is 11.2. The van der Waals surface area contributed by atoms with Crippen LogP contribution in [0.15, 0.2) is 34.8 Å². The molecule has 0 bridgehead atoms. The van der Waals surface area contributed by atoms with Crippen molar-refractivity contribution in [3.05, 3.63) is 51.7 Å². The largest absolute Gasteiger partial charge is 0.369 e. The molecule has 1 aromatic heterocycles. The number of anilines is 1. The number of imidazole rings is 1. The molecule has 3 aromatic rings. The lowest BCUT2D eigenvalue weighted by Gasteiger charge is -2.09. The Morgan fingerprint density at radius 2 is 1.95 bits per heavy atom. The van der Waals surface area contributed by atoms with Crippen LogP contribution in [0.1, 0.15) is 17.5 Å². The fourth-order valence-electron chi connectivity index (χ4n) is 3.06. The number of hydrogen-bond donors (Lipinski definition) is 1. The van der Waals surface area contributed by atoms with Crippen molar-refractivity contribution in [3.8, 4) is 5.69 Å². The van der Waals surface area contributed by atoms with E-state index in [1.54, 1.807) is 6.07 Å². The van der Waals surface area contributed by atoms with Crippen molar-refractivity contribution >= 4 is 32.9 Å². The van der Waals surface area contributed by atoms with Gasteiger partial charge in [-0.1, -0.05) is 6.07 Å². The van der Waals surface area contributed by atoms with Gasteiger partial charge in [-0.3, -0.25) is 4.57 Å². The summed E-state index contributed by atoms with van der Waals surface area (Å²) in [4.78, 5) is 4.26. The van der Waals surface area contributed by atoms with E-state index >= 15 is 0 Å². The van der Waals surface area contributed by atoms with Crippen LogP contribution in [0.2, 0.25) is 0 Å². The zero-order chi connectivity index (χ0) is 14.6. The first-order valence-corrected chi connectivity index (χ1v) is 7.68. The molecule has 3 nitrogen and oxygen atoms in total. The molecule has 0 radical (unpaired) electrons. The summed E-state index contributed by atoms with van der Waals surface area (Å²) in [6.45, 7) is 0. The van der Waals surface area contributed by atoms with E-state index in [1.165, 1.54) is 23.6 Å². The molecule has 2 N–H and O–H groups in total. The Balaban J connectivity index is 1.97. The molecule has 0 fully saturated rings. The van der Waals surface area contributed by atoms with E-state index in [9.17, 15) is 4.39 Å². The zero-order valence-electron chi connectivity index (χ0n) is 11.2. The fourth-order valence-corrected chi connectivity index (χ4v) is 3.39. The molecule has 5 heteroatoms. The molecule has 4 rings (SSSR count). The first kappa shape index (κ1) is 12.8. The lowest BCUT2D eigenvalue weighted by atomic mass is 10.1. The van der Waals surface area contributed by atoms with Gasteiger partial charge in [-0.25, -0.2) is 9.37 Å². The quantitative estimate of drug-likeness (QED) is 0.724. The van der Waals surface area contributed by atoms with Crippen LogP contribution in [0.4, 0.5) is 10.3 Å². The summed E-state index contributed by atoms with van der Waals surface area (Å²) in [5.74, 6) is 0.0431. The van der Waals surface area contributed by atoms with E-state index in [-0.39, 0.29) is 5.82 Å². The number of fused-ring (bicyclic) bond motifs is 2. The second kappa shape index (κ2) is 4.56. The maximum atomic E-state index is 13.6. The van der Waals surface area contributed by atoms with Crippen molar-refractivity contribution in [3.63, 3.8) is 0 Å². The first-order valence-electron chi connectivity index (χ1n) is 6.88. The van der Waals surface area contributed by atoms with Gasteiger partial charge in [0.1, 0.15) is 5.82 Å². The van der Waals surface area contributed by atoms with Crippen molar-refractivity contribution < 1.29 is 4.39 Å². The third-order valence-corrected chi connectivity index (χ3v) is 4.67. The maximum Gasteiger partial charge on any atom is 0.205 e. The summed E-state index contributed by atoms with van der Waals surface area (Å²) < 4.78 is 15.9. The van der Waals surface area contributed by atoms with Gasteiger partial charge in [-0.2, -0.15) is 0 Å². The third kappa shape index (κ3) is 1.95. The second-order valence-corrected chi connectivity index (χ2v) is 6.22. The summed E-state index contributed by atoms with van der Waals surface area (Å²) in [7, 11) is 0. The highest BCUT2D eigenvalue weighted by Crippen LogP contribution is 2.30. The number of hydrogen-bond acceptors (Lipinski definition) is 2. The highest BCUT2D eigenvalue weighted by molar-refractivity contribution is 9.10. The number of aromatic nitrogens is 2. The number of halogens is 2. The molecule has 1 aliphatic rings.